The van der Waals surface area contributed by atoms with Crippen molar-refractivity contribution in [3.63, 3.8) is 0 Å². The zero-order valence-electron chi connectivity index (χ0n) is 7.21. The van der Waals surface area contributed by atoms with E-state index in [9.17, 15) is 14.0 Å². The number of esters is 1. The lowest BCUT2D eigenvalue weighted by Crippen LogP contribution is -2.06. The van der Waals surface area contributed by atoms with Crippen molar-refractivity contribution in [1.82, 2.24) is 0 Å². The molecule has 0 fully saturated rings. The summed E-state index contributed by atoms with van der Waals surface area (Å²) in [5.74, 6) is -1.48. The van der Waals surface area contributed by atoms with Crippen molar-refractivity contribution in [2.24, 2.45) is 0 Å². The van der Waals surface area contributed by atoms with Crippen LogP contribution in [0.15, 0.2) is 12.1 Å². The lowest BCUT2D eigenvalue weighted by Gasteiger charge is -2.03. The van der Waals surface area contributed by atoms with Gasteiger partial charge in [0.15, 0.2) is 6.29 Å². The van der Waals surface area contributed by atoms with E-state index in [1.54, 1.807) is 0 Å². The predicted octanol–water partition coefficient (Wildman–Crippen LogP) is 2.08. The number of rotatable bonds is 2. The molecule has 1 aromatic carbocycles. The smallest absolute Gasteiger partial charge is 0.338 e. The van der Waals surface area contributed by atoms with Crippen molar-refractivity contribution in [2.75, 3.05) is 7.11 Å². The SMILES string of the molecule is COC(=O)c1cc(Cl)c(F)cc1C=O. The van der Waals surface area contributed by atoms with Gasteiger partial charge in [-0.25, -0.2) is 9.18 Å². The van der Waals surface area contributed by atoms with Crippen molar-refractivity contribution in [3.05, 3.63) is 34.1 Å². The van der Waals surface area contributed by atoms with E-state index in [1.165, 1.54) is 0 Å². The molecular formula is C9H6ClFO3. The van der Waals surface area contributed by atoms with Crippen molar-refractivity contribution in [3.8, 4) is 0 Å². The predicted molar refractivity (Wildman–Crippen MR) is 48.1 cm³/mol. The maximum absolute atomic E-state index is 12.9. The lowest BCUT2D eigenvalue weighted by atomic mass is 10.1. The second-order valence-corrected chi connectivity index (χ2v) is 2.87. The highest BCUT2D eigenvalue weighted by Crippen LogP contribution is 2.19. The Kier molecular flexibility index (Phi) is 3.19. The first-order valence-corrected chi connectivity index (χ1v) is 4.00. The summed E-state index contributed by atoms with van der Waals surface area (Å²) in [5, 5.41) is -0.226. The van der Waals surface area contributed by atoms with Crippen LogP contribution in [-0.4, -0.2) is 19.4 Å². The molecule has 0 amide bonds. The van der Waals surface area contributed by atoms with E-state index in [2.05, 4.69) is 4.74 Å². The molecule has 0 aliphatic rings. The third-order valence-corrected chi connectivity index (χ3v) is 1.91. The number of aldehydes is 1. The van der Waals surface area contributed by atoms with Gasteiger partial charge >= 0.3 is 5.97 Å². The largest absolute Gasteiger partial charge is 0.465 e. The molecule has 1 aromatic rings. The number of hydrogen-bond donors (Lipinski definition) is 0. The maximum Gasteiger partial charge on any atom is 0.338 e. The van der Waals surface area contributed by atoms with E-state index >= 15 is 0 Å². The van der Waals surface area contributed by atoms with Crippen LogP contribution in [0.25, 0.3) is 0 Å². The van der Waals surface area contributed by atoms with Crippen LogP contribution in [0.5, 0.6) is 0 Å². The Balaban J connectivity index is 3.34. The number of ether oxygens (including phenoxy) is 1. The summed E-state index contributed by atoms with van der Waals surface area (Å²) >= 11 is 5.45. The van der Waals surface area contributed by atoms with E-state index in [1.807, 2.05) is 0 Å². The fraction of sp³-hybridized carbons (Fsp3) is 0.111. The van der Waals surface area contributed by atoms with Gasteiger partial charge in [-0.15, -0.1) is 0 Å². The van der Waals surface area contributed by atoms with Crippen LogP contribution >= 0.6 is 11.6 Å². The van der Waals surface area contributed by atoms with E-state index < -0.39 is 11.8 Å². The first-order chi connectivity index (χ1) is 6.60. The average molecular weight is 217 g/mol. The molecule has 0 spiro atoms. The minimum absolute atomic E-state index is 0.0473. The second kappa shape index (κ2) is 4.19. The normalized spacial score (nSPS) is 9.64. The van der Waals surface area contributed by atoms with Gasteiger partial charge < -0.3 is 4.74 Å². The molecule has 5 heteroatoms. The molecule has 14 heavy (non-hydrogen) atoms. The van der Waals surface area contributed by atoms with E-state index in [-0.39, 0.29) is 16.1 Å². The molecular weight excluding hydrogens is 211 g/mol. The van der Waals surface area contributed by atoms with Crippen molar-refractivity contribution >= 4 is 23.9 Å². The van der Waals surface area contributed by atoms with E-state index in [4.69, 9.17) is 11.6 Å². The molecule has 0 aromatic heterocycles. The summed E-state index contributed by atoms with van der Waals surface area (Å²) < 4.78 is 17.3. The molecule has 0 atom stereocenters. The number of carbonyl (C=O) groups excluding carboxylic acids is 2. The van der Waals surface area contributed by atoms with Gasteiger partial charge in [0.05, 0.1) is 17.7 Å². The van der Waals surface area contributed by atoms with Gasteiger partial charge in [0.2, 0.25) is 0 Å². The maximum atomic E-state index is 12.9. The summed E-state index contributed by atoms with van der Waals surface area (Å²) in [6.07, 6.45) is 0.367. The zero-order chi connectivity index (χ0) is 10.7. The van der Waals surface area contributed by atoms with Gasteiger partial charge in [0.1, 0.15) is 5.82 Å². The Morgan fingerprint density at radius 3 is 2.71 bits per heavy atom. The monoisotopic (exact) mass is 216 g/mol. The number of benzene rings is 1. The molecule has 0 aliphatic carbocycles. The number of hydrogen-bond acceptors (Lipinski definition) is 3. The highest BCUT2D eigenvalue weighted by molar-refractivity contribution is 6.31. The highest BCUT2D eigenvalue weighted by atomic mass is 35.5. The molecule has 0 radical (unpaired) electrons. The van der Waals surface area contributed by atoms with Crippen LogP contribution in [0.2, 0.25) is 5.02 Å². The van der Waals surface area contributed by atoms with Crippen molar-refractivity contribution in [2.45, 2.75) is 0 Å². The number of methoxy groups -OCH3 is 1. The summed E-state index contributed by atoms with van der Waals surface area (Å²) in [4.78, 5) is 21.6. The molecule has 74 valence electrons. The topological polar surface area (TPSA) is 43.4 Å². The van der Waals surface area contributed by atoms with Crippen LogP contribution in [-0.2, 0) is 4.74 Å². The first kappa shape index (κ1) is 10.7. The van der Waals surface area contributed by atoms with Crippen LogP contribution in [0.4, 0.5) is 4.39 Å². The quantitative estimate of drug-likeness (QED) is 0.562. The Morgan fingerprint density at radius 1 is 1.57 bits per heavy atom. The summed E-state index contributed by atoms with van der Waals surface area (Å²) in [6.45, 7) is 0. The van der Waals surface area contributed by atoms with Crippen molar-refractivity contribution < 1.29 is 18.7 Å². The van der Waals surface area contributed by atoms with Crippen LogP contribution in [0, 0.1) is 5.82 Å². The molecule has 0 bridgehead atoms. The minimum Gasteiger partial charge on any atom is -0.465 e. The second-order valence-electron chi connectivity index (χ2n) is 2.46. The van der Waals surface area contributed by atoms with Gasteiger partial charge in [-0.2, -0.15) is 0 Å². The highest BCUT2D eigenvalue weighted by Gasteiger charge is 2.14. The van der Waals surface area contributed by atoms with E-state index in [0.717, 1.165) is 19.2 Å². The van der Waals surface area contributed by atoms with E-state index in [0.29, 0.717) is 6.29 Å². The van der Waals surface area contributed by atoms with Crippen LogP contribution in [0.1, 0.15) is 20.7 Å². The molecule has 0 saturated heterocycles. The zero-order valence-corrected chi connectivity index (χ0v) is 7.97. The Hall–Kier alpha value is -1.42. The molecule has 0 N–H and O–H groups in total. The Labute approximate surface area is 84.4 Å². The molecule has 0 aliphatic heterocycles. The van der Waals surface area contributed by atoms with Gasteiger partial charge in [-0.3, -0.25) is 4.79 Å². The molecule has 0 heterocycles. The molecule has 0 saturated carbocycles. The van der Waals surface area contributed by atoms with Crippen molar-refractivity contribution in [1.29, 1.82) is 0 Å². The summed E-state index contributed by atoms with van der Waals surface area (Å²) in [5.41, 5.74) is -0.132. The van der Waals surface area contributed by atoms with Gasteiger partial charge in [-0.05, 0) is 12.1 Å². The van der Waals surface area contributed by atoms with Gasteiger partial charge in [0, 0.05) is 5.56 Å². The van der Waals surface area contributed by atoms with Crippen LogP contribution < -0.4 is 0 Å². The van der Waals surface area contributed by atoms with Gasteiger partial charge in [-0.1, -0.05) is 11.6 Å². The number of halogens is 2. The third-order valence-electron chi connectivity index (χ3n) is 1.62. The Morgan fingerprint density at radius 2 is 2.21 bits per heavy atom. The molecule has 1 rings (SSSR count). The summed E-state index contributed by atoms with van der Waals surface area (Å²) in [6, 6.07) is 1.95. The standard InChI is InChI=1S/C9H6ClFO3/c1-14-9(13)6-3-7(10)8(11)2-5(6)4-12/h2-4H,1H3. The minimum atomic E-state index is -0.749. The fourth-order valence-corrected chi connectivity index (χ4v) is 1.11. The first-order valence-electron chi connectivity index (χ1n) is 3.62. The molecule has 0 unspecified atom stereocenters. The summed E-state index contributed by atoms with van der Waals surface area (Å²) in [7, 11) is 1.16. The average Bonchev–Trinajstić information content (AvgIpc) is 2.20. The number of carbonyl (C=O) groups is 2. The fourth-order valence-electron chi connectivity index (χ4n) is 0.946. The lowest BCUT2D eigenvalue weighted by molar-refractivity contribution is 0.0598. The third kappa shape index (κ3) is 1.90. The molecule has 3 nitrogen and oxygen atoms in total. The van der Waals surface area contributed by atoms with Gasteiger partial charge in [0.25, 0.3) is 0 Å². The Bertz CT molecular complexity index is 390. The van der Waals surface area contributed by atoms with Crippen LogP contribution in [0.3, 0.4) is 0 Å².